The molecule has 17 heavy (non-hydrogen) atoms. The fraction of sp³-hybridized carbons (Fsp3) is 0.615. The van der Waals surface area contributed by atoms with Crippen LogP contribution in [-0.4, -0.2) is 24.3 Å². The van der Waals surface area contributed by atoms with Gasteiger partial charge in [-0.3, -0.25) is 0 Å². The molecule has 0 bridgehead atoms. The van der Waals surface area contributed by atoms with E-state index in [9.17, 15) is 0 Å². The highest BCUT2D eigenvalue weighted by atomic mass is 35.5. The van der Waals surface area contributed by atoms with Crippen molar-refractivity contribution in [2.75, 3.05) is 7.11 Å². The first kappa shape index (κ1) is 12.7. The van der Waals surface area contributed by atoms with Crippen LogP contribution in [0.25, 0.3) is 0 Å². The first-order valence-electron chi connectivity index (χ1n) is 6.02. The topological polar surface area (TPSA) is 31.4 Å². The number of nitrogens with zero attached hydrogens (tertiary/aromatic N) is 1. The monoisotopic (exact) mass is 255 g/mol. The maximum absolute atomic E-state index is 5.85. The minimum absolute atomic E-state index is 0.225. The van der Waals surface area contributed by atoms with E-state index in [2.05, 4.69) is 4.98 Å². The lowest BCUT2D eigenvalue weighted by Crippen LogP contribution is -2.29. The molecule has 0 N–H and O–H groups in total. The van der Waals surface area contributed by atoms with Gasteiger partial charge < -0.3 is 9.47 Å². The van der Waals surface area contributed by atoms with Gasteiger partial charge in [-0.2, -0.15) is 0 Å². The summed E-state index contributed by atoms with van der Waals surface area (Å²) in [6, 6.07) is 3.83. The molecule has 0 amide bonds. The van der Waals surface area contributed by atoms with Gasteiger partial charge in [-0.05, 0) is 24.8 Å². The van der Waals surface area contributed by atoms with Gasteiger partial charge in [-0.15, -0.1) is 11.6 Å². The van der Waals surface area contributed by atoms with E-state index in [1.165, 1.54) is 0 Å². The summed E-state index contributed by atoms with van der Waals surface area (Å²) in [7, 11) is 1.76. The lowest BCUT2D eigenvalue weighted by Gasteiger charge is -2.28. The van der Waals surface area contributed by atoms with Crippen LogP contribution in [0.4, 0.5) is 0 Å². The first-order chi connectivity index (χ1) is 8.31. The highest BCUT2D eigenvalue weighted by Crippen LogP contribution is 2.24. The van der Waals surface area contributed by atoms with Crippen LogP contribution >= 0.6 is 11.6 Å². The molecule has 0 aliphatic heterocycles. The normalized spacial score (nSPS) is 24.6. The molecule has 1 heterocycles. The van der Waals surface area contributed by atoms with Crippen LogP contribution in [0.5, 0.6) is 5.88 Å². The first-order valence-corrected chi connectivity index (χ1v) is 6.55. The third-order valence-corrected chi connectivity index (χ3v) is 3.46. The molecule has 1 fully saturated rings. The Morgan fingerprint density at radius 1 is 1.35 bits per heavy atom. The Hall–Kier alpha value is -0.800. The summed E-state index contributed by atoms with van der Waals surface area (Å²) in [5, 5.41) is 0. The van der Waals surface area contributed by atoms with E-state index in [1.807, 2.05) is 12.1 Å². The van der Waals surface area contributed by atoms with Crippen molar-refractivity contribution in [3.63, 3.8) is 0 Å². The third kappa shape index (κ3) is 3.58. The number of ether oxygens (including phenoxy) is 2. The molecule has 1 aromatic rings. The zero-order chi connectivity index (χ0) is 12.1. The number of rotatable bonds is 4. The number of halogens is 1. The molecule has 0 spiro atoms. The molecule has 2 unspecified atom stereocenters. The minimum atomic E-state index is 0.225. The van der Waals surface area contributed by atoms with Crippen molar-refractivity contribution < 1.29 is 9.47 Å². The molecule has 0 saturated heterocycles. The lowest BCUT2D eigenvalue weighted by atomic mass is 9.95. The molecule has 2 atom stereocenters. The second-order valence-electron chi connectivity index (χ2n) is 4.40. The maximum Gasteiger partial charge on any atom is 0.213 e. The molecule has 3 nitrogen and oxygen atoms in total. The SMILES string of the molecule is COC1CCCC(Oc2ccc(CCl)cn2)C1. The van der Waals surface area contributed by atoms with E-state index in [1.54, 1.807) is 13.3 Å². The van der Waals surface area contributed by atoms with Gasteiger partial charge in [-0.25, -0.2) is 4.98 Å². The Kier molecular flexibility index (Phi) is 4.63. The number of hydrogen-bond acceptors (Lipinski definition) is 3. The fourth-order valence-electron chi connectivity index (χ4n) is 2.15. The molecule has 1 saturated carbocycles. The van der Waals surface area contributed by atoms with Crippen LogP contribution in [-0.2, 0) is 10.6 Å². The van der Waals surface area contributed by atoms with E-state index < -0.39 is 0 Å². The second kappa shape index (κ2) is 6.22. The van der Waals surface area contributed by atoms with Gasteiger partial charge in [0.2, 0.25) is 5.88 Å². The van der Waals surface area contributed by atoms with E-state index >= 15 is 0 Å². The quantitative estimate of drug-likeness (QED) is 0.775. The molecule has 0 radical (unpaired) electrons. The average molecular weight is 256 g/mol. The van der Waals surface area contributed by atoms with Crippen molar-refractivity contribution in [2.24, 2.45) is 0 Å². The smallest absolute Gasteiger partial charge is 0.213 e. The maximum atomic E-state index is 5.85. The van der Waals surface area contributed by atoms with Gasteiger partial charge in [0.25, 0.3) is 0 Å². The fourth-order valence-corrected chi connectivity index (χ4v) is 2.31. The van der Waals surface area contributed by atoms with Crippen LogP contribution in [0, 0.1) is 0 Å². The predicted octanol–water partition coefficient (Wildman–Crippen LogP) is 3.16. The molecule has 4 heteroatoms. The molecular weight excluding hydrogens is 238 g/mol. The average Bonchev–Trinajstić information content (AvgIpc) is 2.40. The zero-order valence-electron chi connectivity index (χ0n) is 10.1. The van der Waals surface area contributed by atoms with Gasteiger partial charge in [0.1, 0.15) is 6.10 Å². The third-order valence-electron chi connectivity index (χ3n) is 3.15. The van der Waals surface area contributed by atoms with E-state index in [-0.39, 0.29) is 6.10 Å². The minimum Gasteiger partial charge on any atom is -0.474 e. The Morgan fingerprint density at radius 3 is 2.82 bits per heavy atom. The highest BCUT2D eigenvalue weighted by Gasteiger charge is 2.23. The standard InChI is InChI=1S/C13H18ClNO2/c1-16-11-3-2-4-12(7-11)17-13-6-5-10(8-14)9-15-13/h5-6,9,11-12H,2-4,7-8H2,1H3. The Labute approximate surface area is 107 Å². The summed E-state index contributed by atoms with van der Waals surface area (Å²) < 4.78 is 11.2. The van der Waals surface area contributed by atoms with E-state index in [0.717, 1.165) is 31.2 Å². The molecule has 1 aliphatic rings. The number of pyridine rings is 1. The van der Waals surface area contributed by atoms with E-state index in [4.69, 9.17) is 21.1 Å². The number of methoxy groups -OCH3 is 1. The van der Waals surface area contributed by atoms with E-state index in [0.29, 0.717) is 17.9 Å². The van der Waals surface area contributed by atoms with Gasteiger partial charge in [0.05, 0.1) is 6.10 Å². The predicted molar refractivity (Wildman–Crippen MR) is 67.5 cm³/mol. The summed E-state index contributed by atoms with van der Waals surface area (Å²) in [4.78, 5) is 4.25. The number of hydrogen-bond donors (Lipinski definition) is 0. The number of aromatic nitrogens is 1. The van der Waals surface area contributed by atoms with Gasteiger partial charge in [0.15, 0.2) is 0 Å². The largest absolute Gasteiger partial charge is 0.474 e. The number of alkyl halides is 1. The summed E-state index contributed by atoms with van der Waals surface area (Å²) in [5.41, 5.74) is 1.01. The second-order valence-corrected chi connectivity index (χ2v) is 4.67. The van der Waals surface area contributed by atoms with Crippen LogP contribution in [0.15, 0.2) is 18.3 Å². The van der Waals surface area contributed by atoms with Crippen molar-refractivity contribution in [1.29, 1.82) is 0 Å². The Morgan fingerprint density at radius 2 is 2.18 bits per heavy atom. The van der Waals surface area contributed by atoms with Gasteiger partial charge >= 0.3 is 0 Å². The van der Waals surface area contributed by atoms with Crippen molar-refractivity contribution in [3.8, 4) is 5.88 Å². The molecule has 2 rings (SSSR count). The van der Waals surface area contributed by atoms with Crippen molar-refractivity contribution in [3.05, 3.63) is 23.9 Å². The Balaban J connectivity index is 1.90. The summed E-state index contributed by atoms with van der Waals surface area (Å²) in [5.74, 6) is 1.17. The summed E-state index contributed by atoms with van der Waals surface area (Å²) >= 11 is 5.71. The lowest BCUT2D eigenvalue weighted by molar-refractivity contribution is 0.0195. The van der Waals surface area contributed by atoms with Gasteiger partial charge in [0, 0.05) is 31.7 Å². The molecule has 1 aliphatic carbocycles. The molecule has 0 aromatic carbocycles. The molecular formula is C13H18ClNO2. The van der Waals surface area contributed by atoms with Crippen LogP contribution in [0.3, 0.4) is 0 Å². The zero-order valence-corrected chi connectivity index (χ0v) is 10.8. The van der Waals surface area contributed by atoms with Crippen molar-refractivity contribution in [2.45, 2.75) is 43.8 Å². The molecule has 1 aromatic heterocycles. The van der Waals surface area contributed by atoms with Crippen LogP contribution in [0.2, 0.25) is 0 Å². The summed E-state index contributed by atoms with van der Waals surface area (Å²) in [6.07, 6.45) is 6.64. The van der Waals surface area contributed by atoms with Crippen molar-refractivity contribution in [1.82, 2.24) is 4.98 Å². The van der Waals surface area contributed by atoms with Crippen LogP contribution in [0.1, 0.15) is 31.2 Å². The van der Waals surface area contributed by atoms with Crippen molar-refractivity contribution >= 4 is 11.6 Å². The Bertz CT molecular complexity index is 342. The van der Waals surface area contributed by atoms with Gasteiger partial charge in [-0.1, -0.05) is 6.07 Å². The molecule has 94 valence electrons. The van der Waals surface area contributed by atoms with Crippen LogP contribution < -0.4 is 4.74 Å². The summed E-state index contributed by atoms with van der Waals surface area (Å²) in [6.45, 7) is 0. The highest BCUT2D eigenvalue weighted by molar-refractivity contribution is 6.17.